The Hall–Kier alpha value is -0.760. The summed E-state index contributed by atoms with van der Waals surface area (Å²) in [5.41, 5.74) is 1.56. The quantitative estimate of drug-likeness (QED) is 0.819. The largest absolute Gasteiger partial charge is 0.467 e. The fraction of sp³-hybridized carbons (Fsp3) is 0.692. The van der Waals surface area contributed by atoms with Crippen LogP contribution in [0.4, 0.5) is 0 Å². The van der Waals surface area contributed by atoms with Crippen molar-refractivity contribution in [2.45, 2.75) is 58.0 Å². The molecule has 15 heavy (non-hydrogen) atoms. The fourth-order valence-electron chi connectivity index (χ4n) is 2.72. The molecular formula is C13H21NO. The Balaban J connectivity index is 2.03. The van der Waals surface area contributed by atoms with Gasteiger partial charge in [-0.2, -0.15) is 0 Å². The molecule has 0 spiro atoms. The van der Waals surface area contributed by atoms with E-state index >= 15 is 0 Å². The van der Waals surface area contributed by atoms with Crippen LogP contribution in [-0.4, -0.2) is 5.54 Å². The highest BCUT2D eigenvalue weighted by molar-refractivity contribution is 5.18. The molecule has 0 amide bonds. The van der Waals surface area contributed by atoms with Crippen LogP contribution in [0.3, 0.4) is 0 Å². The van der Waals surface area contributed by atoms with Crippen molar-refractivity contribution >= 4 is 0 Å². The number of aryl methyl sites for hydroxylation is 1. The molecule has 1 atom stereocenters. The third kappa shape index (κ3) is 2.25. The Kier molecular flexibility index (Phi) is 2.87. The van der Waals surface area contributed by atoms with Gasteiger partial charge in [0.1, 0.15) is 5.76 Å². The Bertz CT molecular complexity index is 323. The molecule has 0 aromatic carbocycles. The van der Waals surface area contributed by atoms with Gasteiger partial charge in [0, 0.05) is 5.54 Å². The van der Waals surface area contributed by atoms with Crippen LogP contribution >= 0.6 is 0 Å². The zero-order chi connectivity index (χ0) is 10.9. The van der Waals surface area contributed by atoms with E-state index < -0.39 is 0 Å². The second-order valence-corrected chi connectivity index (χ2v) is 5.10. The van der Waals surface area contributed by atoms with Gasteiger partial charge in [0.2, 0.25) is 0 Å². The molecule has 0 aliphatic heterocycles. The number of furan rings is 1. The van der Waals surface area contributed by atoms with E-state index in [2.05, 4.69) is 26.1 Å². The molecule has 1 N–H and O–H groups in total. The van der Waals surface area contributed by atoms with E-state index in [9.17, 15) is 0 Å². The average molecular weight is 207 g/mol. The summed E-state index contributed by atoms with van der Waals surface area (Å²) in [6.07, 6.45) is 7.06. The molecule has 2 nitrogen and oxygen atoms in total. The Morgan fingerprint density at radius 2 is 2.07 bits per heavy atom. The highest BCUT2D eigenvalue weighted by Gasteiger charge is 2.30. The van der Waals surface area contributed by atoms with Gasteiger partial charge in [0.25, 0.3) is 0 Å². The molecule has 84 valence electrons. The predicted octanol–water partition coefficient (Wildman–Crippen LogP) is 3.57. The molecule has 1 aliphatic rings. The van der Waals surface area contributed by atoms with Gasteiger partial charge in [-0.15, -0.1) is 0 Å². The van der Waals surface area contributed by atoms with Crippen molar-refractivity contribution in [1.29, 1.82) is 0 Å². The lowest BCUT2D eigenvalue weighted by molar-refractivity contribution is 0.300. The standard InChI is InChI=1S/C13H21NO/c1-10-6-9-15-12(10)11(2)14-13(3)7-4-5-8-13/h6,9,11,14H,4-5,7-8H2,1-3H3. The van der Waals surface area contributed by atoms with Crippen molar-refractivity contribution in [3.63, 3.8) is 0 Å². The Morgan fingerprint density at radius 1 is 1.40 bits per heavy atom. The third-order valence-corrected chi connectivity index (χ3v) is 3.57. The highest BCUT2D eigenvalue weighted by atomic mass is 16.3. The van der Waals surface area contributed by atoms with Crippen LogP contribution in [-0.2, 0) is 0 Å². The lowest BCUT2D eigenvalue weighted by atomic mass is 9.98. The normalized spacial score (nSPS) is 21.8. The van der Waals surface area contributed by atoms with Gasteiger partial charge in [0.15, 0.2) is 0 Å². The molecule has 2 rings (SSSR count). The summed E-state index contributed by atoms with van der Waals surface area (Å²) in [7, 11) is 0. The third-order valence-electron chi connectivity index (χ3n) is 3.57. The van der Waals surface area contributed by atoms with Gasteiger partial charge in [-0.3, -0.25) is 0 Å². The van der Waals surface area contributed by atoms with E-state index in [4.69, 9.17) is 4.42 Å². The molecule has 0 saturated heterocycles. The molecule has 0 bridgehead atoms. The van der Waals surface area contributed by atoms with Gasteiger partial charge in [-0.05, 0) is 45.2 Å². The summed E-state index contributed by atoms with van der Waals surface area (Å²) < 4.78 is 5.52. The molecule has 1 aliphatic carbocycles. The summed E-state index contributed by atoms with van der Waals surface area (Å²) in [5, 5.41) is 3.70. The average Bonchev–Trinajstić information content (AvgIpc) is 2.74. The van der Waals surface area contributed by atoms with Gasteiger partial charge in [0.05, 0.1) is 12.3 Å². The van der Waals surface area contributed by atoms with Crippen LogP contribution in [0.15, 0.2) is 16.7 Å². The van der Waals surface area contributed by atoms with Crippen LogP contribution in [0.1, 0.15) is 56.9 Å². The van der Waals surface area contributed by atoms with Crippen molar-refractivity contribution in [1.82, 2.24) is 5.32 Å². The fourth-order valence-corrected chi connectivity index (χ4v) is 2.72. The molecule has 2 heteroatoms. The minimum Gasteiger partial charge on any atom is -0.467 e. The molecule has 1 unspecified atom stereocenters. The summed E-state index contributed by atoms with van der Waals surface area (Å²) in [4.78, 5) is 0. The van der Waals surface area contributed by atoms with Crippen molar-refractivity contribution in [3.8, 4) is 0 Å². The first kappa shape index (κ1) is 10.7. The van der Waals surface area contributed by atoms with Crippen LogP contribution in [0.25, 0.3) is 0 Å². The van der Waals surface area contributed by atoms with Gasteiger partial charge >= 0.3 is 0 Å². The van der Waals surface area contributed by atoms with Gasteiger partial charge in [-0.1, -0.05) is 12.8 Å². The van der Waals surface area contributed by atoms with Crippen LogP contribution in [0.5, 0.6) is 0 Å². The Labute approximate surface area is 92.1 Å². The smallest absolute Gasteiger partial charge is 0.123 e. The lowest BCUT2D eigenvalue weighted by Gasteiger charge is -2.29. The summed E-state index contributed by atoms with van der Waals surface area (Å²) in [5.74, 6) is 1.09. The van der Waals surface area contributed by atoms with E-state index in [0.717, 1.165) is 5.76 Å². The molecule has 1 heterocycles. The molecule has 1 aromatic heterocycles. The molecule has 1 fully saturated rings. The SMILES string of the molecule is Cc1ccoc1C(C)NC1(C)CCCC1. The first-order valence-corrected chi connectivity index (χ1v) is 5.92. The van der Waals surface area contributed by atoms with Crippen molar-refractivity contribution < 1.29 is 4.42 Å². The maximum absolute atomic E-state index is 5.52. The van der Waals surface area contributed by atoms with E-state index in [1.165, 1.54) is 31.2 Å². The van der Waals surface area contributed by atoms with Crippen LogP contribution in [0, 0.1) is 6.92 Å². The summed E-state index contributed by atoms with van der Waals surface area (Å²) in [6.45, 7) is 6.62. The van der Waals surface area contributed by atoms with Crippen LogP contribution in [0.2, 0.25) is 0 Å². The maximum atomic E-state index is 5.52. The second kappa shape index (κ2) is 4.01. The first-order valence-electron chi connectivity index (χ1n) is 5.92. The zero-order valence-corrected chi connectivity index (χ0v) is 9.97. The van der Waals surface area contributed by atoms with E-state index in [1.54, 1.807) is 6.26 Å². The van der Waals surface area contributed by atoms with Crippen molar-refractivity contribution in [2.24, 2.45) is 0 Å². The van der Waals surface area contributed by atoms with Crippen LogP contribution < -0.4 is 5.32 Å². The minimum atomic E-state index is 0.318. The minimum absolute atomic E-state index is 0.318. The summed E-state index contributed by atoms with van der Waals surface area (Å²) in [6, 6.07) is 2.35. The van der Waals surface area contributed by atoms with Crippen molar-refractivity contribution in [3.05, 3.63) is 23.7 Å². The summed E-state index contributed by atoms with van der Waals surface area (Å²) >= 11 is 0. The molecule has 0 radical (unpaired) electrons. The number of nitrogens with one attached hydrogen (secondary N) is 1. The molecule has 1 aromatic rings. The number of rotatable bonds is 3. The van der Waals surface area contributed by atoms with E-state index in [0.29, 0.717) is 11.6 Å². The van der Waals surface area contributed by atoms with E-state index in [-0.39, 0.29) is 0 Å². The predicted molar refractivity (Wildman–Crippen MR) is 61.9 cm³/mol. The monoisotopic (exact) mass is 207 g/mol. The highest BCUT2D eigenvalue weighted by Crippen LogP contribution is 2.32. The topological polar surface area (TPSA) is 25.2 Å². The first-order chi connectivity index (χ1) is 7.11. The molecule has 1 saturated carbocycles. The second-order valence-electron chi connectivity index (χ2n) is 5.10. The number of hydrogen-bond acceptors (Lipinski definition) is 2. The zero-order valence-electron chi connectivity index (χ0n) is 9.97. The Morgan fingerprint density at radius 3 is 2.60 bits per heavy atom. The number of hydrogen-bond donors (Lipinski definition) is 1. The van der Waals surface area contributed by atoms with Crippen molar-refractivity contribution in [2.75, 3.05) is 0 Å². The van der Waals surface area contributed by atoms with Gasteiger partial charge < -0.3 is 9.73 Å². The maximum Gasteiger partial charge on any atom is 0.123 e. The lowest BCUT2D eigenvalue weighted by Crippen LogP contribution is -2.41. The molecular weight excluding hydrogens is 186 g/mol. The van der Waals surface area contributed by atoms with Gasteiger partial charge in [-0.25, -0.2) is 0 Å². The van der Waals surface area contributed by atoms with E-state index in [1.807, 2.05) is 6.07 Å².